The van der Waals surface area contributed by atoms with Crippen LogP contribution in [0.5, 0.6) is 0 Å². The van der Waals surface area contributed by atoms with Crippen LogP contribution < -0.4 is 15.8 Å². The van der Waals surface area contributed by atoms with E-state index in [4.69, 9.17) is 4.74 Å². The molecule has 0 unspecified atom stereocenters. The van der Waals surface area contributed by atoms with E-state index < -0.39 is 0 Å². The first-order valence-electron chi connectivity index (χ1n) is 12.8. The molecule has 2 N–H and O–H groups in total. The average Bonchev–Trinajstić information content (AvgIpc) is 2.83. The lowest BCUT2D eigenvalue weighted by molar-refractivity contribution is 0.0950. The third-order valence-electron chi connectivity index (χ3n) is 7.50. The topological polar surface area (TPSA) is 77.7 Å². The van der Waals surface area contributed by atoms with Crippen LogP contribution >= 0.6 is 0 Å². The van der Waals surface area contributed by atoms with E-state index in [9.17, 15) is 9.59 Å². The molecule has 1 amide bonds. The maximum Gasteiger partial charge on any atom is 0.253 e. The summed E-state index contributed by atoms with van der Waals surface area (Å²) in [4.78, 5) is 33.2. The second kappa shape index (κ2) is 12.4. The number of H-pyrrole nitrogens is 1. The molecule has 0 aliphatic heterocycles. The van der Waals surface area contributed by atoms with Gasteiger partial charge in [0.05, 0.1) is 6.61 Å². The molecular weight excluding hydrogens is 440 g/mol. The highest BCUT2D eigenvalue weighted by atomic mass is 16.5. The van der Waals surface area contributed by atoms with E-state index in [1.807, 2.05) is 39.0 Å². The number of methoxy groups -OCH3 is 1. The zero-order valence-corrected chi connectivity index (χ0v) is 22.2. The van der Waals surface area contributed by atoms with Gasteiger partial charge in [-0.05, 0) is 89.8 Å². The van der Waals surface area contributed by atoms with Crippen molar-refractivity contribution in [2.45, 2.75) is 72.0 Å². The molecule has 1 heterocycles. The van der Waals surface area contributed by atoms with Crippen molar-refractivity contribution in [2.75, 3.05) is 38.8 Å². The number of aryl methyl sites for hydroxylation is 2. The van der Waals surface area contributed by atoms with Crippen molar-refractivity contribution in [3.8, 4) is 0 Å². The molecule has 0 bridgehead atoms. The molecule has 1 aromatic carbocycles. The average molecular weight is 483 g/mol. The quantitative estimate of drug-likeness (QED) is 0.536. The monoisotopic (exact) mass is 482 g/mol. The summed E-state index contributed by atoms with van der Waals surface area (Å²) < 4.78 is 5.24. The molecule has 3 rings (SSSR count). The van der Waals surface area contributed by atoms with E-state index in [0.717, 1.165) is 55.0 Å². The van der Waals surface area contributed by atoms with Crippen molar-refractivity contribution in [3.05, 3.63) is 62.6 Å². The van der Waals surface area contributed by atoms with E-state index in [1.165, 1.54) is 12.8 Å². The molecule has 2 aromatic rings. The lowest BCUT2D eigenvalue weighted by atomic mass is 9.88. The first-order chi connectivity index (χ1) is 16.8. The summed E-state index contributed by atoms with van der Waals surface area (Å²) in [6, 6.07) is 8.97. The van der Waals surface area contributed by atoms with Crippen molar-refractivity contribution < 1.29 is 9.53 Å². The molecular formula is C28H42N4O3. The number of hydrogen-bond acceptors (Lipinski definition) is 5. The van der Waals surface area contributed by atoms with Crippen LogP contribution in [0.15, 0.2) is 29.1 Å². The zero-order chi connectivity index (χ0) is 25.5. The highest BCUT2D eigenvalue weighted by Crippen LogP contribution is 2.32. The van der Waals surface area contributed by atoms with Gasteiger partial charge in [-0.15, -0.1) is 0 Å². The molecule has 1 aliphatic rings. The number of nitrogens with one attached hydrogen (secondary N) is 2. The molecule has 0 radical (unpaired) electrons. The molecule has 7 heteroatoms. The molecule has 1 aromatic heterocycles. The van der Waals surface area contributed by atoms with Crippen molar-refractivity contribution in [2.24, 2.45) is 0 Å². The van der Waals surface area contributed by atoms with Crippen LogP contribution in [0, 0.1) is 20.8 Å². The number of carbonyl (C=O) groups is 1. The Bertz CT molecular complexity index is 1060. The van der Waals surface area contributed by atoms with E-state index >= 15 is 0 Å². The van der Waals surface area contributed by atoms with Crippen LogP contribution in [0.25, 0.3) is 0 Å². The Kier molecular flexibility index (Phi) is 9.52. The molecule has 1 aliphatic carbocycles. The van der Waals surface area contributed by atoms with Crippen molar-refractivity contribution in [1.82, 2.24) is 15.2 Å². The summed E-state index contributed by atoms with van der Waals surface area (Å²) in [6.07, 6.45) is 4.62. The van der Waals surface area contributed by atoms with Gasteiger partial charge in [-0.1, -0.05) is 6.07 Å². The Morgan fingerprint density at radius 3 is 2.46 bits per heavy atom. The number of pyridine rings is 1. The van der Waals surface area contributed by atoms with Gasteiger partial charge in [0.1, 0.15) is 0 Å². The number of ether oxygens (including phenoxy) is 1. The van der Waals surface area contributed by atoms with Crippen LogP contribution in [-0.4, -0.2) is 61.7 Å². The molecule has 1 fully saturated rings. The van der Waals surface area contributed by atoms with Gasteiger partial charge in [0.2, 0.25) is 0 Å². The normalized spacial score (nSPS) is 18.0. The second-order valence-electron chi connectivity index (χ2n) is 9.80. The number of carbonyl (C=O) groups excluding carboxylic acids is 1. The fraction of sp³-hybridized carbons (Fsp3) is 0.571. The predicted molar refractivity (Wildman–Crippen MR) is 142 cm³/mol. The molecule has 0 spiro atoms. The fourth-order valence-corrected chi connectivity index (χ4v) is 5.40. The molecule has 1 saturated carbocycles. The number of aromatic nitrogens is 1. The Morgan fingerprint density at radius 2 is 1.83 bits per heavy atom. The maximum absolute atomic E-state index is 13.1. The zero-order valence-electron chi connectivity index (χ0n) is 22.2. The predicted octanol–water partition coefficient (Wildman–Crippen LogP) is 3.95. The molecule has 7 nitrogen and oxygen atoms in total. The first-order valence-corrected chi connectivity index (χ1v) is 12.8. The van der Waals surface area contributed by atoms with Crippen molar-refractivity contribution in [3.63, 3.8) is 0 Å². The smallest absolute Gasteiger partial charge is 0.253 e. The summed E-state index contributed by atoms with van der Waals surface area (Å²) in [7, 11) is 3.95. The second-order valence-corrected chi connectivity index (χ2v) is 9.80. The third kappa shape index (κ3) is 6.53. The highest BCUT2D eigenvalue weighted by molar-refractivity contribution is 5.97. The first kappa shape index (κ1) is 27.0. The van der Waals surface area contributed by atoms with Gasteiger partial charge in [-0.2, -0.15) is 0 Å². The van der Waals surface area contributed by atoms with Crippen LogP contribution in [0.4, 0.5) is 5.69 Å². The molecule has 35 heavy (non-hydrogen) atoms. The highest BCUT2D eigenvalue weighted by Gasteiger charge is 2.28. The Morgan fingerprint density at radius 1 is 1.14 bits per heavy atom. The number of amides is 1. The minimum atomic E-state index is -0.150. The van der Waals surface area contributed by atoms with Gasteiger partial charge in [-0.25, -0.2) is 0 Å². The van der Waals surface area contributed by atoms with Gasteiger partial charge >= 0.3 is 0 Å². The lowest BCUT2D eigenvalue weighted by Crippen LogP contribution is -2.44. The number of nitrogens with zero attached hydrogens (tertiary/aromatic N) is 2. The van der Waals surface area contributed by atoms with E-state index in [-0.39, 0.29) is 18.0 Å². The van der Waals surface area contributed by atoms with E-state index in [1.54, 1.807) is 7.11 Å². The van der Waals surface area contributed by atoms with Crippen LogP contribution in [0.1, 0.15) is 65.3 Å². The minimum Gasteiger partial charge on any atom is -0.383 e. The van der Waals surface area contributed by atoms with Crippen molar-refractivity contribution in [1.29, 1.82) is 0 Å². The largest absolute Gasteiger partial charge is 0.383 e. The summed E-state index contributed by atoms with van der Waals surface area (Å²) in [6.45, 7) is 10.8. The van der Waals surface area contributed by atoms with Crippen LogP contribution in [0.2, 0.25) is 0 Å². The molecule has 0 atom stereocenters. The Labute approximate surface area is 209 Å². The molecule has 192 valence electrons. The van der Waals surface area contributed by atoms with Crippen LogP contribution in [-0.2, 0) is 11.3 Å². The standard InChI is InChI=1S/C28H42N4O3/c1-7-32(23-13-11-22(12-14-23)31(5)15-16-35-6)26-10-8-9-24(21(26)4)27(33)29-18-25-19(2)17-20(3)30-28(25)34/h8-10,17,22-23H,7,11-16,18H2,1-6H3,(H,29,33)(H,30,34)/t22-,23-. The van der Waals surface area contributed by atoms with Gasteiger partial charge in [0.15, 0.2) is 0 Å². The number of anilines is 1. The number of aromatic amines is 1. The molecule has 0 saturated heterocycles. The number of rotatable bonds is 10. The summed E-state index contributed by atoms with van der Waals surface area (Å²) in [5.41, 5.74) is 4.93. The van der Waals surface area contributed by atoms with E-state index in [0.29, 0.717) is 23.2 Å². The Balaban J connectivity index is 1.69. The minimum absolute atomic E-state index is 0.145. The lowest BCUT2D eigenvalue weighted by Gasteiger charge is -2.41. The van der Waals surface area contributed by atoms with Crippen molar-refractivity contribution >= 4 is 11.6 Å². The Hall–Kier alpha value is -2.64. The maximum atomic E-state index is 13.1. The summed E-state index contributed by atoms with van der Waals surface area (Å²) in [5.74, 6) is -0.150. The van der Waals surface area contributed by atoms with Crippen LogP contribution in [0.3, 0.4) is 0 Å². The number of benzene rings is 1. The van der Waals surface area contributed by atoms with E-state index in [2.05, 4.69) is 40.1 Å². The number of hydrogen-bond donors (Lipinski definition) is 2. The van der Waals surface area contributed by atoms with Gasteiger partial charge < -0.3 is 24.8 Å². The summed E-state index contributed by atoms with van der Waals surface area (Å²) in [5, 5.41) is 2.96. The van der Waals surface area contributed by atoms with Gasteiger partial charge in [0.25, 0.3) is 11.5 Å². The number of likely N-dealkylation sites (N-methyl/N-ethyl adjacent to an activating group) is 1. The SMILES string of the molecule is CCN(c1cccc(C(=O)NCc2c(C)cc(C)[nH]c2=O)c1C)[C@H]1CC[C@H](N(C)CCOC)CC1. The van der Waals surface area contributed by atoms with Gasteiger partial charge in [0, 0.05) is 61.3 Å². The fourth-order valence-electron chi connectivity index (χ4n) is 5.40. The summed E-state index contributed by atoms with van der Waals surface area (Å²) >= 11 is 0. The van der Waals surface area contributed by atoms with Gasteiger partial charge in [-0.3, -0.25) is 9.59 Å². The third-order valence-corrected chi connectivity index (χ3v) is 7.50.